The molecule has 27 heavy (non-hydrogen) atoms. The van der Waals surface area contributed by atoms with Gasteiger partial charge in [-0.2, -0.15) is 0 Å². The van der Waals surface area contributed by atoms with Crippen molar-refractivity contribution >= 4 is 23.0 Å². The standard InChI is InChI=1S/C18H17F3N2O3S/c1-2-23(10-12-3-8-15-16(9-12)25-11-24-15)17(27)22-13-4-6-14(7-5-13)26-18(19,20)21/h3-9H,2,10-11H2,1H3,(H,22,27). The molecule has 0 radical (unpaired) electrons. The number of nitrogens with zero attached hydrogens (tertiary/aromatic N) is 1. The molecule has 9 heteroatoms. The van der Waals surface area contributed by atoms with E-state index in [2.05, 4.69) is 10.1 Å². The second kappa shape index (κ2) is 7.91. The van der Waals surface area contributed by atoms with Crippen molar-refractivity contribution < 1.29 is 27.4 Å². The minimum absolute atomic E-state index is 0.213. The molecular formula is C18H17F3N2O3S. The van der Waals surface area contributed by atoms with Crippen molar-refractivity contribution in [2.24, 2.45) is 0 Å². The minimum atomic E-state index is -4.71. The maximum atomic E-state index is 12.2. The first-order valence-electron chi connectivity index (χ1n) is 8.14. The summed E-state index contributed by atoms with van der Waals surface area (Å²) in [6.07, 6.45) is -4.71. The predicted octanol–water partition coefficient (Wildman–Crippen LogP) is 4.53. The normalized spacial score (nSPS) is 12.6. The van der Waals surface area contributed by atoms with Crippen molar-refractivity contribution in [3.63, 3.8) is 0 Å². The highest BCUT2D eigenvalue weighted by Crippen LogP contribution is 2.33. The highest BCUT2D eigenvalue weighted by molar-refractivity contribution is 7.80. The van der Waals surface area contributed by atoms with Crippen molar-refractivity contribution in [1.29, 1.82) is 0 Å². The Hall–Kier alpha value is -2.68. The molecule has 0 unspecified atom stereocenters. The SMILES string of the molecule is CCN(Cc1ccc2c(c1)OCO2)C(=S)Nc1ccc(OC(F)(F)F)cc1. The van der Waals surface area contributed by atoms with Gasteiger partial charge in [0.25, 0.3) is 0 Å². The Morgan fingerprint density at radius 3 is 2.52 bits per heavy atom. The molecule has 5 nitrogen and oxygen atoms in total. The Morgan fingerprint density at radius 1 is 1.15 bits per heavy atom. The largest absolute Gasteiger partial charge is 0.573 e. The first-order valence-corrected chi connectivity index (χ1v) is 8.55. The lowest BCUT2D eigenvalue weighted by atomic mass is 10.2. The van der Waals surface area contributed by atoms with Crippen LogP contribution in [0, 0.1) is 0 Å². The molecule has 0 spiro atoms. The summed E-state index contributed by atoms with van der Waals surface area (Å²) in [6, 6.07) is 11.1. The summed E-state index contributed by atoms with van der Waals surface area (Å²) in [7, 11) is 0. The van der Waals surface area contributed by atoms with Gasteiger partial charge in [-0.05, 0) is 61.1 Å². The van der Waals surface area contributed by atoms with Crippen molar-refractivity contribution in [3.05, 3.63) is 48.0 Å². The van der Waals surface area contributed by atoms with Crippen molar-refractivity contribution in [3.8, 4) is 17.2 Å². The molecule has 0 fully saturated rings. The van der Waals surface area contributed by atoms with Crippen LogP contribution in [0.5, 0.6) is 17.2 Å². The predicted molar refractivity (Wildman–Crippen MR) is 98.0 cm³/mol. The van der Waals surface area contributed by atoms with Crippen molar-refractivity contribution in [1.82, 2.24) is 4.90 Å². The van der Waals surface area contributed by atoms with Crippen LogP contribution in [0.2, 0.25) is 0 Å². The minimum Gasteiger partial charge on any atom is -0.454 e. The van der Waals surface area contributed by atoms with Crippen LogP contribution in [-0.4, -0.2) is 29.7 Å². The number of hydrogen-bond donors (Lipinski definition) is 1. The van der Waals surface area contributed by atoms with Crippen LogP contribution in [-0.2, 0) is 6.54 Å². The summed E-state index contributed by atoms with van der Waals surface area (Å²) in [5.41, 5.74) is 1.57. The zero-order valence-corrected chi connectivity index (χ0v) is 15.2. The van der Waals surface area contributed by atoms with Crippen LogP contribution in [0.15, 0.2) is 42.5 Å². The van der Waals surface area contributed by atoms with Gasteiger partial charge in [0, 0.05) is 18.8 Å². The smallest absolute Gasteiger partial charge is 0.454 e. The molecule has 0 saturated carbocycles. The first kappa shape index (κ1) is 19.1. The third-order valence-electron chi connectivity index (χ3n) is 3.82. The van der Waals surface area contributed by atoms with Gasteiger partial charge in [0.05, 0.1) is 0 Å². The molecule has 0 amide bonds. The van der Waals surface area contributed by atoms with Crippen LogP contribution < -0.4 is 19.5 Å². The zero-order valence-electron chi connectivity index (χ0n) is 14.4. The molecular weight excluding hydrogens is 381 g/mol. The molecule has 144 valence electrons. The summed E-state index contributed by atoms with van der Waals surface area (Å²) < 4.78 is 51.2. The molecule has 0 aromatic heterocycles. The maximum Gasteiger partial charge on any atom is 0.573 e. The maximum absolute atomic E-state index is 12.2. The van der Waals surface area contributed by atoms with Gasteiger partial charge in [-0.3, -0.25) is 0 Å². The summed E-state index contributed by atoms with van der Waals surface area (Å²) in [5.74, 6) is 1.12. The Kier molecular flexibility index (Phi) is 5.59. The number of halogens is 3. The number of ether oxygens (including phenoxy) is 3. The Labute approximate surface area is 159 Å². The number of benzene rings is 2. The highest BCUT2D eigenvalue weighted by Gasteiger charge is 2.31. The summed E-state index contributed by atoms with van der Waals surface area (Å²) in [6.45, 7) is 3.37. The number of anilines is 1. The van der Waals surface area contributed by atoms with E-state index < -0.39 is 6.36 Å². The van der Waals surface area contributed by atoms with E-state index in [0.29, 0.717) is 35.4 Å². The fourth-order valence-corrected chi connectivity index (χ4v) is 2.84. The molecule has 1 aliphatic heterocycles. The molecule has 0 bridgehead atoms. The topological polar surface area (TPSA) is 43.0 Å². The second-order valence-corrected chi connectivity index (χ2v) is 6.09. The molecule has 1 N–H and O–H groups in total. The van der Waals surface area contributed by atoms with Crippen molar-refractivity contribution in [2.45, 2.75) is 19.8 Å². The van der Waals surface area contributed by atoms with Crippen LogP contribution in [0.1, 0.15) is 12.5 Å². The fourth-order valence-electron chi connectivity index (χ4n) is 2.53. The van der Waals surface area contributed by atoms with Gasteiger partial charge in [0.2, 0.25) is 6.79 Å². The summed E-state index contributed by atoms with van der Waals surface area (Å²) >= 11 is 5.42. The first-order chi connectivity index (χ1) is 12.8. The number of rotatable bonds is 5. The van der Waals surface area contributed by atoms with E-state index in [0.717, 1.165) is 5.56 Å². The monoisotopic (exact) mass is 398 g/mol. The zero-order chi connectivity index (χ0) is 19.4. The average molecular weight is 398 g/mol. The van der Waals surface area contributed by atoms with Gasteiger partial charge in [-0.25, -0.2) is 0 Å². The molecule has 2 aromatic rings. The Morgan fingerprint density at radius 2 is 1.85 bits per heavy atom. The van der Waals surface area contributed by atoms with Crippen molar-refractivity contribution in [2.75, 3.05) is 18.7 Å². The van der Waals surface area contributed by atoms with Crippen LogP contribution in [0.3, 0.4) is 0 Å². The average Bonchev–Trinajstić information content (AvgIpc) is 3.07. The van der Waals surface area contributed by atoms with Crippen LogP contribution >= 0.6 is 12.2 Å². The van der Waals surface area contributed by atoms with E-state index in [4.69, 9.17) is 21.7 Å². The van der Waals surface area contributed by atoms with Gasteiger partial charge in [0.15, 0.2) is 16.6 Å². The van der Waals surface area contributed by atoms with E-state index in [1.54, 1.807) is 0 Å². The third kappa shape index (κ3) is 5.16. The van der Waals surface area contributed by atoms with E-state index in [1.165, 1.54) is 24.3 Å². The number of fused-ring (bicyclic) bond motifs is 1. The van der Waals surface area contributed by atoms with Gasteiger partial charge >= 0.3 is 6.36 Å². The van der Waals surface area contributed by atoms with Gasteiger partial charge in [-0.15, -0.1) is 13.2 Å². The Balaban J connectivity index is 1.61. The quantitative estimate of drug-likeness (QED) is 0.747. The van der Waals surface area contributed by atoms with Crippen LogP contribution in [0.4, 0.5) is 18.9 Å². The molecule has 1 heterocycles. The number of nitrogens with one attached hydrogen (secondary N) is 1. The second-order valence-electron chi connectivity index (χ2n) is 5.70. The van der Waals surface area contributed by atoms with E-state index in [9.17, 15) is 13.2 Å². The number of alkyl halides is 3. The molecule has 0 saturated heterocycles. The molecule has 1 aliphatic rings. The van der Waals surface area contributed by atoms with E-state index >= 15 is 0 Å². The molecule has 2 aromatic carbocycles. The van der Waals surface area contributed by atoms with Gasteiger partial charge < -0.3 is 24.4 Å². The van der Waals surface area contributed by atoms with E-state index in [-0.39, 0.29) is 12.5 Å². The lowest BCUT2D eigenvalue weighted by molar-refractivity contribution is -0.274. The Bertz CT molecular complexity index is 812. The molecule has 0 atom stereocenters. The molecule has 3 rings (SSSR count). The molecule has 0 aliphatic carbocycles. The van der Waals surface area contributed by atoms with Crippen LogP contribution in [0.25, 0.3) is 0 Å². The fraction of sp³-hybridized carbons (Fsp3) is 0.278. The third-order valence-corrected chi connectivity index (χ3v) is 4.18. The van der Waals surface area contributed by atoms with Gasteiger partial charge in [0.1, 0.15) is 5.75 Å². The number of hydrogen-bond acceptors (Lipinski definition) is 4. The summed E-state index contributed by atoms with van der Waals surface area (Å²) in [5, 5.41) is 3.48. The van der Waals surface area contributed by atoms with E-state index in [1.807, 2.05) is 30.0 Å². The highest BCUT2D eigenvalue weighted by atomic mass is 32.1. The lowest BCUT2D eigenvalue weighted by Crippen LogP contribution is -2.34. The number of thiocarbonyl (C=S) groups is 1. The summed E-state index contributed by atoms with van der Waals surface area (Å²) in [4.78, 5) is 1.92. The van der Waals surface area contributed by atoms with Gasteiger partial charge in [-0.1, -0.05) is 6.07 Å². The lowest BCUT2D eigenvalue weighted by Gasteiger charge is -2.24.